The Labute approximate surface area is 81.7 Å². The normalized spacial score (nSPS) is 23.9. The Balaban J connectivity index is 2.02. The van der Waals surface area contributed by atoms with Crippen molar-refractivity contribution in [2.24, 2.45) is 11.8 Å². The molecule has 0 bridgehead atoms. The van der Waals surface area contributed by atoms with E-state index in [0.717, 1.165) is 11.8 Å². The highest BCUT2D eigenvalue weighted by molar-refractivity contribution is 5.35. The summed E-state index contributed by atoms with van der Waals surface area (Å²) in [5, 5.41) is 0. The monoisotopic (exact) mass is 176 g/mol. The van der Waals surface area contributed by atoms with Gasteiger partial charge >= 0.3 is 0 Å². The van der Waals surface area contributed by atoms with Gasteiger partial charge in [-0.25, -0.2) is 0 Å². The van der Waals surface area contributed by atoms with E-state index in [1.54, 1.807) is 11.1 Å². The Morgan fingerprint density at radius 3 is 2.46 bits per heavy atom. The zero-order valence-electron chi connectivity index (χ0n) is 8.84. The first kappa shape index (κ1) is 9.05. The molecular formula is C13H20. The fourth-order valence-corrected chi connectivity index (χ4v) is 2.51. The molecule has 0 amide bonds. The predicted octanol–water partition coefficient (Wildman–Crippen LogP) is 4.09. The van der Waals surface area contributed by atoms with E-state index in [2.05, 4.69) is 26.0 Å². The van der Waals surface area contributed by atoms with Crippen LogP contribution >= 0.6 is 0 Å². The van der Waals surface area contributed by atoms with Crippen LogP contribution in [0.25, 0.3) is 0 Å². The van der Waals surface area contributed by atoms with E-state index in [-0.39, 0.29) is 0 Å². The molecule has 0 aromatic carbocycles. The van der Waals surface area contributed by atoms with Crippen LogP contribution in [0.1, 0.15) is 46.0 Å². The van der Waals surface area contributed by atoms with Crippen LogP contribution < -0.4 is 0 Å². The van der Waals surface area contributed by atoms with Crippen LogP contribution in [0.5, 0.6) is 0 Å². The van der Waals surface area contributed by atoms with Crippen molar-refractivity contribution in [2.45, 2.75) is 46.0 Å². The van der Waals surface area contributed by atoms with Crippen LogP contribution in [-0.4, -0.2) is 0 Å². The van der Waals surface area contributed by atoms with E-state index in [9.17, 15) is 0 Å². The van der Waals surface area contributed by atoms with Gasteiger partial charge in [0.1, 0.15) is 0 Å². The van der Waals surface area contributed by atoms with Crippen molar-refractivity contribution >= 4 is 0 Å². The first-order valence-corrected chi connectivity index (χ1v) is 5.68. The molecule has 0 nitrogen and oxygen atoms in total. The zero-order chi connectivity index (χ0) is 9.26. The summed E-state index contributed by atoms with van der Waals surface area (Å²) in [6, 6.07) is 0. The summed E-state index contributed by atoms with van der Waals surface area (Å²) >= 11 is 0. The highest BCUT2D eigenvalue weighted by Crippen LogP contribution is 2.36. The molecule has 1 saturated carbocycles. The van der Waals surface area contributed by atoms with Crippen molar-refractivity contribution in [3.8, 4) is 0 Å². The Morgan fingerprint density at radius 1 is 1.23 bits per heavy atom. The van der Waals surface area contributed by atoms with Gasteiger partial charge in [0.15, 0.2) is 0 Å². The molecule has 0 atom stereocenters. The van der Waals surface area contributed by atoms with Crippen molar-refractivity contribution in [2.75, 3.05) is 0 Å². The average Bonchev–Trinajstić information content (AvgIpc) is 2.75. The minimum absolute atomic E-state index is 0.746. The fourth-order valence-electron chi connectivity index (χ4n) is 2.51. The molecule has 72 valence electrons. The second kappa shape index (κ2) is 3.69. The van der Waals surface area contributed by atoms with Crippen molar-refractivity contribution in [1.82, 2.24) is 0 Å². The maximum absolute atomic E-state index is 2.47. The number of allylic oxidation sites excluding steroid dienone is 4. The number of rotatable bonds is 2. The molecule has 2 rings (SSSR count). The Kier molecular flexibility index (Phi) is 2.57. The second-order valence-corrected chi connectivity index (χ2v) is 4.76. The van der Waals surface area contributed by atoms with Crippen LogP contribution in [0.3, 0.4) is 0 Å². The van der Waals surface area contributed by atoms with Crippen molar-refractivity contribution in [3.63, 3.8) is 0 Å². The summed E-state index contributed by atoms with van der Waals surface area (Å²) < 4.78 is 0. The third-order valence-corrected chi connectivity index (χ3v) is 3.49. The Bertz CT molecular complexity index is 237. The fraction of sp³-hybridized carbons (Fsp3) is 0.692. The molecule has 0 N–H and O–H groups in total. The van der Waals surface area contributed by atoms with Gasteiger partial charge in [-0.05, 0) is 36.7 Å². The van der Waals surface area contributed by atoms with Crippen LogP contribution in [0.15, 0.2) is 23.3 Å². The maximum atomic E-state index is 2.47. The average molecular weight is 176 g/mol. The van der Waals surface area contributed by atoms with E-state index in [1.807, 2.05) is 0 Å². The largest absolute Gasteiger partial charge is 0.0769 e. The van der Waals surface area contributed by atoms with Gasteiger partial charge < -0.3 is 0 Å². The van der Waals surface area contributed by atoms with Gasteiger partial charge in [0.05, 0.1) is 0 Å². The lowest BCUT2D eigenvalue weighted by Gasteiger charge is -2.08. The van der Waals surface area contributed by atoms with Gasteiger partial charge in [-0.1, -0.05) is 44.4 Å². The molecule has 0 radical (unpaired) electrons. The van der Waals surface area contributed by atoms with E-state index in [1.165, 1.54) is 32.1 Å². The van der Waals surface area contributed by atoms with Gasteiger partial charge in [0.25, 0.3) is 0 Å². The van der Waals surface area contributed by atoms with Gasteiger partial charge in [-0.3, -0.25) is 0 Å². The molecule has 0 heteroatoms. The Morgan fingerprint density at radius 2 is 1.92 bits per heavy atom. The lowest BCUT2D eigenvalue weighted by molar-refractivity contribution is 0.657. The van der Waals surface area contributed by atoms with Crippen molar-refractivity contribution in [1.29, 1.82) is 0 Å². The SMILES string of the molecule is CC(C)C1=CC(C2CCCC2)=CC1. The molecule has 0 unspecified atom stereocenters. The quantitative estimate of drug-likeness (QED) is 0.594. The minimum Gasteiger partial charge on any atom is -0.0769 e. The summed E-state index contributed by atoms with van der Waals surface area (Å²) in [4.78, 5) is 0. The van der Waals surface area contributed by atoms with Crippen LogP contribution in [0.4, 0.5) is 0 Å². The molecule has 2 aliphatic rings. The summed E-state index contributed by atoms with van der Waals surface area (Å²) in [6.07, 6.45) is 11.9. The maximum Gasteiger partial charge on any atom is -0.0127 e. The molecule has 0 heterocycles. The first-order chi connectivity index (χ1) is 6.27. The van der Waals surface area contributed by atoms with E-state index >= 15 is 0 Å². The van der Waals surface area contributed by atoms with E-state index in [0.29, 0.717) is 0 Å². The van der Waals surface area contributed by atoms with Gasteiger partial charge in [-0.15, -0.1) is 0 Å². The smallest absolute Gasteiger partial charge is 0.0127 e. The number of hydrogen-bond donors (Lipinski definition) is 0. The minimum atomic E-state index is 0.746. The third kappa shape index (κ3) is 1.87. The van der Waals surface area contributed by atoms with Crippen LogP contribution in [0.2, 0.25) is 0 Å². The standard InChI is InChI=1S/C13H20/c1-10(2)12-7-8-13(9-12)11-5-3-4-6-11/h8-11H,3-7H2,1-2H3. The molecule has 0 aliphatic heterocycles. The molecule has 0 saturated heterocycles. The van der Waals surface area contributed by atoms with Crippen LogP contribution in [0, 0.1) is 11.8 Å². The second-order valence-electron chi connectivity index (χ2n) is 4.76. The van der Waals surface area contributed by atoms with Gasteiger partial charge in [0.2, 0.25) is 0 Å². The summed E-state index contributed by atoms with van der Waals surface area (Å²) in [6.45, 7) is 4.61. The molecular weight excluding hydrogens is 156 g/mol. The van der Waals surface area contributed by atoms with Gasteiger partial charge in [0, 0.05) is 0 Å². The third-order valence-electron chi connectivity index (χ3n) is 3.49. The van der Waals surface area contributed by atoms with E-state index < -0.39 is 0 Å². The van der Waals surface area contributed by atoms with E-state index in [4.69, 9.17) is 0 Å². The first-order valence-electron chi connectivity index (χ1n) is 5.68. The van der Waals surface area contributed by atoms with Gasteiger partial charge in [-0.2, -0.15) is 0 Å². The zero-order valence-corrected chi connectivity index (χ0v) is 8.84. The topological polar surface area (TPSA) is 0 Å². The highest BCUT2D eigenvalue weighted by atomic mass is 14.3. The summed E-state index contributed by atoms with van der Waals surface area (Å²) in [7, 11) is 0. The lowest BCUT2D eigenvalue weighted by atomic mass is 9.97. The molecule has 0 aromatic heterocycles. The Hall–Kier alpha value is -0.520. The van der Waals surface area contributed by atoms with Crippen LogP contribution in [-0.2, 0) is 0 Å². The molecule has 0 spiro atoms. The molecule has 13 heavy (non-hydrogen) atoms. The van der Waals surface area contributed by atoms with Crippen molar-refractivity contribution in [3.05, 3.63) is 23.3 Å². The molecule has 2 aliphatic carbocycles. The molecule has 0 aromatic rings. The predicted molar refractivity (Wildman–Crippen MR) is 57.6 cm³/mol. The summed E-state index contributed by atoms with van der Waals surface area (Å²) in [5.41, 5.74) is 3.29. The number of hydrogen-bond acceptors (Lipinski definition) is 0. The molecule has 1 fully saturated rings. The lowest BCUT2D eigenvalue weighted by Crippen LogP contribution is -1.94. The highest BCUT2D eigenvalue weighted by Gasteiger charge is 2.21. The summed E-state index contributed by atoms with van der Waals surface area (Å²) in [5.74, 6) is 1.66. The van der Waals surface area contributed by atoms with Crippen molar-refractivity contribution < 1.29 is 0 Å².